The molecule has 8 nitrogen and oxygen atoms in total. The van der Waals surface area contributed by atoms with Crippen molar-refractivity contribution in [3.05, 3.63) is 60.2 Å². The van der Waals surface area contributed by atoms with Crippen LogP contribution < -0.4 is 10.2 Å². The average molecular weight is 482 g/mol. The molecule has 182 valence electrons. The van der Waals surface area contributed by atoms with Crippen LogP contribution in [0.2, 0.25) is 0 Å². The van der Waals surface area contributed by atoms with Gasteiger partial charge in [-0.2, -0.15) is 13.2 Å². The number of hydrogen-bond donors (Lipinski definition) is 2. The van der Waals surface area contributed by atoms with E-state index in [0.717, 1.165) is 12.0 Å². The van der Waals surface area contributed by atoms with Crippen LogP contribution in [0.1, 0.15) is 18.4 Å². The third-order valence-corrected chi connectivity index (χ3v) is 5.58. The van der Waals surface area contributed by atoms with Gasteiger partial charge in [0.15, 0.2) is 0 Å². The standard InChI is InChI=1S/C20H21FN4O2.C2HF3O2/c21-16-4-1-5-17(9-16)25-14-20(10-18(25)26)6-8-24(13-20)19(27)23-12-15-3-2-7-22-11-15;3-2(4,5)1(6)7/h1-5,7,9,11H,6,8,10,12-14H2,(H,23,27);(H,6,7). The van der Waals surface area contributed by atoms with Crippen LogP contribution in [0.15, 0.2) is 48.8 Å². The molecule has 0 bridgehead atoms. The highest BCUT2D eigenvalue weighted by molar-refractivity contribution is 5.96. The van der Waals surface area contributed by atoms with Crippen LogP contribution in [0.25, 0.3) is 0 Å². The van der Waals surface area contributed by atoms with E-state index >= 15 is 0 Å². The van der Waals surface area contributed by atoms with E-state index in [4.69, 9.17) is 9.90 Å². The Bertz CT molecular complexity index is 1050. The fourth-order valence-corrected chi connectivity index (χ4v) is 3.95. The van der Waals surface area contributed by atoms with Crippen molar-refractivity contribution in [2.45, 2.75) is 25.6 Å². The number of carboxylic acids is 1. The fraction of sp³-hybridized carbons (Fsp3) is 0.364. The molecule has 3 heterocycles. The largest absolute Gasteiger partial charge is 0.490 e. The maximum atomic E-state index is 13.5. The number of alkyl halides is 3. The van der Waals surface area contributed by atoms with Gasteiger partial charge in [-0.15, -0.1) is 0 Å². The van der Waals surface area contributed by atoms with E-state index < -0.39 is 12.1 Å². The summed E-state index contributed by atoms with van der Waals surface area (Å²) in [5.74, 6) is -3.13. The van der Waals surface area contributed by atoms with E-state index in [1.54, 1.807) is 34.3 Å². The zero-order valence-corrected chi connectivity index (χ0v) is 17.9. The van der Waals surface area contributed by atoms with Crippen molar-refractivity contribution in [2.75, 3.05) is 24.5 Å². The van der Waals surface area contributed by atoms with Crippen molar-refractivity contribution in [2.24, 2.45) is 5.41 Å². The van der Waals surface area contributed by atoms with Crippen molar-refractivity contribution in [1.82, 2.24) is 15.2 Å². The van der Waals surface area contributed by atoms with Gasteiger partial charge in [-0.25, -0.2) is 14.0 Å². The van der Waals surface area contributed by atoms with Crippen LogP contribution >= 0.6 is 0 Å². The predicted molar refractivity (Wildman–Crippen MR) is 112 cm³/mol. The molecule has 2 aliphatic heterocycles. The SMILES string of the molecule is O=C(NCc1cccnc1)N1CCC2(CC(=O)N(c3cccc(F)c3)C2)C1.O=C(O)C(F)(F)F. The molecule has 2 N–H and O–H groups in total. The molecule has 2 aromatic rings. The second-order valence-electron chi connectivity index (χ2n) is 8.13. The van der Waals surface area contributed by atoms with Crippen molar-refractivity contribution >= 4 is 23.6 Å². The third kappa shape index (κ3) is 6.21. The molecule has 2 fully saturated rings. The summed E-state index contributed by atoms with van der Waals surface area (Å²) < 4.78 is 45.2. The quantitative estimate of drug-likeness (QED) is 0.655. The molecule has 1 aromatic carbocycles. The minimum atomic E-state index is -5.08. The Morgan fingerprint density at radius 2 is 1.91 bits per heavy atom. The number of aliphatic carboxylic acids is 1. The second-order valence-corrected chi connectivity index (χ2v) is 8.13. The predicted octanol–water partition coefficient (Wildman–Crippen LogP) is 3.19. The van der Waals surface area contributed by atoms with Gasteiger partial charge in [-0.05, 0) is 36.2 Å². The van der Waals surface area contributed by atoms with Gasteiger partial charge in [0.1, 0.15) is 5.82 Å². The van der Waals surface area contributed by atoms with Crippen LogP contribution in [0.4, 0.5) is 28.0 Å². The summed E-state index contributed by atoms with van der Waals surface area (Å²) in [5, 5.41) is 10.0. The van der Waals surface area contributed by atoms with Crippen molar-refractivity contribution in [3.63, 3.8) is 0 Å². The van der Waals surface area contributed by atoms with Crippen molar-refractivity contribution < 1.29 is 37.1 Å². The molecule has 2 aliphatic rings. The molecule has 34 heavy (non-hydrogen) atoms. The number of hydrogen-bond acceptors (Lipinski definition) is 4. The lowest BCUT2D eigenvalue weighted by molar-refractivity contribution is -0.192. The number of benzene rings is 1. The van der Waals surface area contributed by atoms with Crippen molar-refractivity contribution in [3.8, 4) is 0 Å². The minimum absolute atomic E-state index is 0.0155. The summed E-state index contributed by atoms with van der Waals surface area (Å²) in [4.78, 5) is 41.3. The molecule has 3 amide bonds. The second kappa shape index (κ2) is 10.1. The maximum Gasteiger partial charge on any atom is 0.490 e. The van der Waals surface area contributed by atoms with Gasteiger partial charge in [-0.1, -0.05) is 12.1 Å². The molecule has 0 saturated carbocycles. The maximum absolute atomic E-state index is 13.5. The highest BCUT2D eigenvalue weighted by Gasteiger charge is 2.48. The summed E-state index contributed by atoms with van der Waals surface area (Å²) in [7, 11) is 0. The van der Waals surface area contributed by atoms with E-state index in [9.17, 15) is 27.2 Å². The van der Waals surface area contributed by atoms with Crippen LogP contribution in [0, 0.1) is 11.2 Å². The molecule has 0 radical (unpaired) electrons. The number of nitrogens with one attached hydrogen (secondary N) is 1. The van der Waals surface area contributed by atoms with Gasteiger partial charge in [0.2, 0.25) is 5.91 Å². The Morgan fingerprint density at radius 3 is 2.53 bits per heavy atom. The molecular formula is C22H22F4N4O4. The molecule has 1 aromatic heterocycles. The zero-order chi connectivity index (χ0) is 24.9. The number of nitrogens with zero attached hydrogens (tertiary/aromatic N) is 3. The molecule has 2 saturated heterocycles. The van der Waals surface area contributed by atoms with Gasteiger partial charge >= 0.3 is 18.2 Å². The molecular weight excluding hydrogens is 460 g/mol. The van der Waals surface area contributed by atoms with E-state index in [0.29, 0.717) is 38.3 Å². The Labute approximate surface area is 192 Å². The lowest BCUT2D eigenvalue weighted by Gasteiger charge is -2.24. The molecule has 1 unspecified atom stereocenters. The number of rotatable bonds is 3. The number of pyridine rings is 1. The van der Waals surface area contributed by atoms with E-state index in [1.807, 2.05) is 12.1 Å². The Kier molecular flexibility index (Phi) is 7.38. The molecule has 1 spiro atoms. The fourth-order valence-electron chi connectivity index (χ4n) is 3.95. The first kappa shape index (κ1) is 24.9. The van der Waals surface area contributed by atoms with Crippen LogP contribution in [0.5, 0.6) is 0 Å². The lowest BCUT2D eigenvalue weighted by Crippen LogP contribution is -2.40. The average Bonchev–Trinajstić information content (AvgIpc) is 3.35. The highest BCUT2D eigenvalue weighted by Crippen LogP contribution is 2.41. The molecule has 0 aliphatic carbocycles. The van der Waals surface area contributed by atoms with Gasteiger partial charge in [0.05, 0.1) is 0 Å². The van der Waals surface area contributed by atoms with Crippen LogP contribution in [0.3, 0.4) is 0 Å². The Balaban J connectivity index is 0.000000406. The van der Waals surface area contributed by atoms with Gasteiger partial charge in [0.25, 0.3) is 0 Å². The first-order valence-electron chi connectivity index (χ1n) is 10.3. The molecule has 12 heteroatoms. The zero-order valence-electron chi connectivity index (χ0n) is 17.9. The van der Waals surface area contributed by atoms with E-state index in [2.05, 4.69) is 10.3 Å². The number of anilines is 1. The molecule has 1 atom stereocenters. The Morgan fingerprint density at radius 1 is 1.18 bits per heavy atom. The first-order valence-corrected chi connectivity index (χ1v) is 10.3. The number of urea groups is 1. The van der Waals surface area contributed by atoms with E-state index in [1.165, 1.54) is 12.1 Å². The van der Waals surface area contributed by atoms with E-state index in [-0.39, 0.29) is 23.2 Å². The number of aromatic nitrogens is 1. The lowest BCUT2D eigenvalue weighted by atomic mass is 9.86. The number of carbonyl (C=O) groups is 3. The van der Waals surface area contributed by atoms with Crippen LogP contribution in [-0.2, 0) is 16.1 Å². The summed E-state index contributed by atoms with van der Waals surface area (Å²) in [5.41, 5.74) is 1.26. The summed E-state index contributed by atoms with van der Waals surface area (Å²) >= 11 is 0. The number of halogens is 4. The van der Waals surface area contributed by atoms with Gasteiger partial charge in [0, 0.05) is 56.1 Å². The van der Waals surface area contributed by atoms with Gasteiger partial charge in [-0.3, -0.25) is 9.78 Å². The number of carboxylic acid groups (broad SMARTS) is 1. The van der Waals surface area contributed by atoms with Gasteiger partial charge < -0.3 is 20.2 Å². The molecule has 4 rings (SSSR count). The van der Waals surface area contributed by atoms with Crippen molar-refractivity contribution in [1.29, 1.82) is 0 Å². The monoisotopic (exact) mass is 482 g/mol. The minimum Gasteiger partial charge on any atom is -0.475 e. The summed E-state index contributed by atoms with van der Waals surface area (Å²) in [6.45, 7) is 2.08. The third-order valence-electron chi connectivity index (χ3n) is 5.58. The topological polar surface area (TPSA) is 103 Å². The summed E-state index contributed by atoms with van der Waals surface area (Å²) in [6.07, 6.45) is -0.518. The first-order chi connectivity index (χ1) is 16.0. The number of likely N-dealkylation sites (tertiary alicyclic amines) is 1. The normalized spacial score (nSPS) is 19.7. The Hall–Kier alpha value is -3.70. The summed E-state index contributed by atoms with van der Waals surface area (Å²) in [6, 6.07) is 9.70. The smallest absolute Gasteiger partial charge is 0.475 e. The van der Waals surface area contributed by atoms with Crippen LogP contribution in [-0.4, -0.2) is 58.7 Å². The highest BCUT2D eigenvalue weighted by atomic mass is 19.4. The number of carbonyl (C=O) groups excluding carboxylic acids is 2. The number of amides is 3.